The van der Waals surface area contributed by atoms with E-state index >= 15 is 0 Å². The summed E-state index contributed by atoms with van der Waals surface area (Å²) in [6.07, 6.45) is 10.7. The van der Waals surface area contributed by atoms with Gasteiger partial charge in [-0.05, 0) is 13.3 Å². The average Bonchev–Trinajstić information content (AvgIpc) is 2.29. The zero-order valence-electron chi connectivity index (χ0n) is 11.2. The number of ketones is 1. The summed E-state index contributed by atoms with van der Waals surface area (Å²) in [6.45, 7) is 3.65. The molecule has 0 saturated heterocycles. The van der Waals surface area contributed by atoms with Gasteiger partial charge >= 0.3 is 0 Å². The fourth-order valence-corrected chi connectivity index (χ4v) is 1.47. The summed E-state index contributed by atoms with van der Waals surface area (Å²) in [5.41, 5.74) is 0. The standard InChI is InChI=1S/C12H22O2.C2H4O/c1-2-3-4-5-6-7-8-9-12(14)10-11-13;1-2-3/h11H,2-10H2,1H3;2H,1H3. The highest BCUT2D eigenvalue weighted by Crippen LogP contribution is 2.08. The molecule has 0 bridgehead atoms. The molecule has 3 heteroatoms. The number of carbonyl (C=O) groups is 3. The van der Waals surface area contributed by atoms with Gasteiger partial charge in [-0.1, -0.05) is 45.4 Å². The molecular weight excluding hydrogens is 216 g/mol. The molecule has 0 aliphatic carbocycles. The van der Waals surface area contributed by atoms with E-state index < -0.39 is 0 Å². The molecule has 0 amide bonds. The zero-order chi connectivity index (χ0) is 13.4. The lowest BCUT2D eigenvalue weighted by Gasteiger charge is -1.99. The van der Waals surface area contributed by atoms with Crippen LogP contribution in [-0.2, 0) is 14.4 Å². The van der Waals surface area contributed by atoms with Crippen molar-refractivity contribution < 1.29 is 14.4 Å². The number of hydrogen-bond donors (Lipinski definition) is 0. The van der Waals surface area contributed by atoms with Crippen molar-refractivity contribution in [2.24, 2.45) is 0 Å². The van der Waals surface area contributed by atoms with Crippen molar-refractivity contribution in [1.29, 1.82) is 0 Å². The van der Waals surface area contributed by atoms with Gasteiger partial charge in [0.1, 0.15) is 18.4 Å². The second-order valence-corrected chi connectivity index (χ2v) is 4.02. The molecule has 0 atom stereocenters. The monoisotopic (exact) mass is 242 g/mol. The minimum Gasteiger partial charge on any atom is -0.304 e. The first-order chi connectivity index (χ1) is 8.22. The molecule has 0 radical (unpaired) electrons. The Morgan fingerprint density at radius 3 is 1.88 bits per heavy atom. The summed E-state index contributed by atoms with van der Waals surface area (Å²) < 4.78 is 0. The normalized spacial score (nSPS) is 9.06. The van der Waals surface area contributed by atoms with Gasteiger partial charge in [0.2, 0.25) is 0 Å². The Morgan fingerprint density at radius 2 is 1.41 bits per heavy atom. The molecule has 3 nitrogen and oxygen atoms in total. The van der Waals surface area contributed by atoms with Crippen LogP contribution in [-0.4, -0.2) is 18.4 Å². The summed E-state index contributed by atoms with van der Waals surface area (Å²) in [5, 5.41) is 0. The topological polar surface area (TPSA) is 51.2 Å². The van der Waals surface area contributed by atoms with Crippen molar-refractivity contribution >= 4 is 18.4 Å². The summed E-state index contributed by atoms with van der Waals surface area (Å²) >= 11 is 0. The number of unbranched alkanes of at least 4 members (excludes halogenated alkanes) is 6. The van der Waals surface area contributed by atoms with Crippen LogP contribution in [0, 0.1) is 0 Å². The van der Waals surface area contributed by atoms with E-state index in [1.54, 1.807) is 0 Å². The Hall–Kier alpha value is -0.990. The van der Waals surface area contributed by atoms with E-state index in [1.165, 1.54) is 39.0 Å². The van der Waals surface area contributed by atoms with Crippen molar-refractivity contribution in [2.75, 3.05) is 0 Å². The Bertz CT molecular complexity index is 188. The highest BCUT2D eigenvalue weighted by molar-refractivity contribution is 5.89. The number of rotatable bonds is 10. The van der Waals surface area contributed by atoms with Crippen LogP contribution in [0.3, 0.4) is 0 Å². The molecule has 0 fully saturated rings. The maximum atomic E-state index is 10.9. The highest BCUT2D eigenvalue weighted by Gasteiger charge is 1.99. The van der Waals surface area contributed by atoms with Crippen LogP contribution in [0.2, 0.25) is 0 Å². The molecule has 100 valence electrons. The van der Waals surface area contributed by atoms with Crippen LogP contribution in [0.15, 0.2) is 0 Å². The molecule has 0 aliphatic heterocycles. The summed E-state index contributed by atoms with van der Waals surface area (Å²) in [7, 11) is 0. The van der Waals surface area contributed by atoms with Gasteiger partial charge in [-0.15, -0.1) is 0 Å². The largest absolute Gasteiger partial charge is 0.304 e. The summed E-state index contributed by atoms with van der Waals surface area (Å²) in [6, 6.07) is 0. The van der Waals surface area contributed by atoms with E-state index in [0.717, 1.165) is 19.1 Å². The van der Waals surface area contributed by atoms with Gasteiger partial charge in [-0.3, -0.25) is 4.79 Å². The van der Waals surface area contributed by atoms with Crippen LogP contribution in [0.1, 0.15) is 71.6 Å². The van der Waals surface area contributed by atoms with Crippen LogP contribution >= 0.6 is 0 Å². The Balaban J connectivity index is 0. The van der Waals surface area contributed by atoms with E-state index in [1.807, 2.05) is 0 Å². The van der Waals surface area contributed by atoms with Gasteiger partial charge < -0.3 is 9.59 Å². The number of hydrogen-bond acceptors (Lipinski definition) is 3. The second kappa shape index (κ2) is 17.4. The number of carbonyl (C=O) groups excluding carboxylic acids is 3. The molecular formula is C14H26O3. The zero-order valence-corrected chi connectivity index (χ0v) is 11.2. The SMILES string of the molecule is CC=O.CCCCCCCCCC(=O)CC=O. The van der Waals surface area contributed by atoms with E-state index in [-0.39, 0.29) is 12.2 Å². The minimum atomic E-state index is 0.0913. The molecule has 0 aromatic carbocycles. The van der Waals surface area contributed by atoms with E-state index in [0.29, 0.717) is 12.7 Å². The number of Topliss-reactive ketones (excluding diaryl/α,β-unsaturated/α-hetero) is 1. The molecule has 0 heterocycles. The molecule has 0 aromatic rings. The van der Waals surface area contributed by atoms with Crippen LogP contribution < -0.4 is 0 Å². The molecule has 0 aromatic heterocycles. The molecule has 0 rings (SSSR count). The predicted octanol–water partition coefficient (Wildman–Crippen LogP) is 3.49. The van der Waals surface area contributed by atoms with Gasteiger partial charge in [-0.25, -0.2) is 0 Å². The number of aldehydes is 2. The first kappa shape index (κ1) is 18.4. The van der Waals surface area contributed by atoms with Crippen LogP contribution in [0.4, 0.5) is 0 Å². The third-order valence-corrected chi connectivity index (χ3v) is 2.37. The lowest BCUT2D eigenvalue weighted by molar-refractivity contribution is -0.122. The van der Waals surface area contributed by atoms with Crippen LogP contribution in [0.5, 0.6) is 0 Å². The minimum absolute atomic E-state index is 0.0913. The maximum absolute atomic E-state index is 10.9. The summed E-state index contributed by atoms with van der Waals surface area (Å²) in [5.74, 6) is 0.0913. The van der Waals surface area contributed by atoms with Gasteiger partial charge in [0.25, 0.3) is 0 Å². The Labute approximate surface area is 105 Å². The molecule has 0 aliphatic rings. The van der Waals surface area contributed by atoms with Gasteiger partial charge in [0, 0.05) is 6.42 Å². The van der Waals surface area contributed by atoms with Gasteiger partial charge in [0.05, 0.1) is 6.42 Å². The maximum Gasteiger partial charge on any atom is 0.139 e. The molecule has 17 heavy (non-hydrogen) atoms. The third kappa shape index (κ3) is 21.0. The molecule has 0 N–H and O–H groups in total. The highest BCUT2D eigenvalue weighted by atomic mass is 16.1. The Morgan fingerprint density at radius 1 is 0.941 bits per heavy atom. The van der Waals surface area contributed by atoms with Gasteiger partial charge in [0.15, 0.2) is 0 Å². The first-order valence-electron chi connectivity index (χ1n) is 6.58. The Kier molecular flexibility index (Phi) is 18.8. The first-order valence-corrected chi connectivity index (χ1v) is 6.58. The fourth-order valence-electron chi connectivity index (χ4n) is 1.47. The molecule has 0 saturated carbocycles. The quantitative estimate of drug-likeness (QED) is 0.335. The predicted molar refractivity (Wildman–Crippen MR) is 70.0 cm³/mol. The molecule has 0 spiro atoms. The average molecular weight is 242 g/mol. The van der Waals surface area contributed by atoms with E-state index in [4.69, 9.17) is 4.79 Å². The van der Waals surface area contributed by atoms with Crippen molar-refractivity contribution in [3.63, 3.8) is 0 Å². The summed E-state index contributed by atoms with van der Waals surface area (Å²) in [4.78, 5) is 29.8. The lowest BCUT2D eigenvalue weighted by Crippen LogP contribution is -1.97. The van der Waals surface area contributed by atoms with E-state index in [9.17, 15) is 9.59 Å². The lowest BCUT2D eigenvalue weighted by atomic mass is 10.1. The smallest absolute Gasteiger partial charge is 0.139 e. The fraction of sp³-hybridized carbons (Fsp3) is 0.786. The van der Waals surface area contributed by atoms with Gasteiger partial charge in [-0.2, -0.15) is 0 Å². The van der Waals surface area contributed by atoms with E-state index in [2.05, 4.69) is 6.92 Å². The van der Waals surface area contributed by atoms with Crippen LogP contribution in [0.25, 0.3) is 0 Å². The van der Waals surface area contributed by atoms with Crippen molar-refractivity contribution in [1.82, 2.24) is 0 Å². The van der Waals surface area contributed by atoms with Crippen molar-refractivity contribution in [3.05, 3.63) is 0 Å². The third-order valence-electron chi connectivity index (χ3n) is 2.37. The van der Waals surface area contributed by atoms with Crippen molar-refractivity contribution in [2.45, 2.75) is 71.6 Å². The van der Waals surface area contributed by atoms with Crippen molar-refractivity contribution in [3.8, 4) is 0 Å². The second-order valence-electron chi connectivity index (χ2n) is 4.02. The molecule has 0 unspecified atom stereocenters.